The van der Waals surface area contributed by atoms with E-state index in [9.17, 15) is 0 Å². The number of fused-ring (bicyclic) bond motifs is 1. The van der Waals surface area contributed by atoms with Crippen molar-refractivity contribution >= 4 is 33.8 Å². The van der Waals surface area contributed by atoms with Crippen LogP contribution in [-0.2, 0) is 6.42 Å². The molecule has 2 nitrogen and oxygen atoms in total. The van der Waals surface area contributed by atoms with E-state index in [1.165, 1.54) is 4.88 Å². The highest BCUT2D eigenvalue weighted by atomic mass is 32.1. The summed E-state index contributed by atoms with van der Waals surface area (Å²) >= 11 is 6.84. The highest BCUT2D eigenvalue weighted by Crippen LogP contribution is 2.23. The Morgan fingerprint density at radius 1 is 1.67 bits per heavy atom. The maximum Gasteiger partial charge on any atom is 0.128 e. The number of H-pyrrole nitrogens is 1. The van der Waals surface area contributed by atoms with E-state index in [0.717, 1.165) is 21.3 Å². The molecule has 0 spiro atoms. The van der Waals surface area contributed by atoms with Crippen LogP contribution in [0.5, 0.6) is 0 Å². The smallest absolute Gasteiger partial charge is 0.128 e. The Morgan fingerprint density at radius 3 is 3.17 bits per heavy atom. The minimum atomic E-state index is 0.788. The molecule has 62 valence electrons. The second kappa shape index (κ2) is 2.95. The summed E-state index contributed by atoms with van der Waals surface area (Å²) < 4.78 is 0.788. The van der Waals surface area contributed by atoms with Crippen LogP contribution in [0, 0.1) is 4.64 Å². The molecule has 1 N–H and O–H groups in total. The van der Waals surface area contributed by atoms with E-state index in [4.69, 9.17) is 12.2 Å². The van der Waals surface area contributed by atoms with Gasteiger partial charge in [-0.1, -0.05) is 19.1 Å². The van der Waals surface area contributed by atoms with Gasteiger partial charge in [0.15, 0.2) is 0 Å². The first-order valence-electron chi connectivity index (χ1n) is 3.77. The Bertz CT molecular complexity index is 455. The van der Waals surface area contributed by atoms with Gasteiger partial charge < -0.3 is 4.98 Å². The van der Waals surface area contributed by atoms with E-state index in [-0.39, 0.29) is 0 Å². The fourth-order valence-corrected chi connectivity index (χ4v) is 2.31. The molecular formula is C8H8N2S2. The molecule has 2 aromatic rings. The number of hydrogen-bond donors (Lipinski definition) is 1. The number of aryl methyl sites for hydroxylation is 1. The largest absolute Gasteiger partial charge is 0.337 e. The first-order valence-corrected chi connectivity index (χ1v) is 5.00. The summed E-state index contributed by atoms with van der Waals surface area (Å²) in [5.74, 6) is 0. The van der Waals surface area contributed by atoms with Crippen LogP contribution in [0.1, 0.15) is 11.8 Å². The van der Waals surface area contributed by atoms with Gasteiger partial charge in [-0.15, -0.1) is 11.3 Å². The van der Waals surface area contributed by atoms with Crippen molar-refractivity contribution < 1.29 is 0 Å². The van der Waals surface area contributed by atoms with Crippen LogP contribution in [0.15, 0.2) is 12.4 Å². The molecule has 0 aliphatic heterocycles. The lowest BCUT2D eigenvalue weighted by Gasteiger charge is -1.85. The SMILES string of the molecule is CCc1cc2c(=S)[nH]cnc2s1. The van der Waals surface area contributed by atoms with Gasteiger partial charge in [-0.05, 0) is 12.5 Å². The molecule has 0 radical (unpaired) electrons. The van der Waals surface area contributed by atoms with E-state index >= 15 is 0 Å². The molecule has 0 aliphatic rings. The molecule has 0 aromatic carbocycles. The van der Waals surface area contributed by atoms with Crippen LogP contribution in [0.25, 0.3) is 10.2 Å². The topological polar surface area (TPSA) is 28.7 Å². The lowest BCUT2D eigenvalue weighted by atomic mass is 10.3. The summed E-state index contributed by atoms with van der Waals surface area (Å²) in [5.41, 5.74) is 0. The van der Waals surface area contributed by atoms with Crippen LogP contribution in [0.3, 0.4) is 0 Å². The highest BCUT2D eigenvalue weighted by Gasteiger charge is 2.01. The normalized spacial score (nSPS) is 10.8. The monoisotopic (exact) mass is 196 g/mol. The Labute approximate surface area is 79.3 Å². The summed E-state index contributed by atoms with van der Waals surface area (Å²) in [6, 6.07) is 2.12. The van der Waals surface area contributed by atoms with E-state index < -0.39 is 0 Å². The van der Waals surface area contributed by atoms with Crippen molar-refractivity contribution in [3.8, 4) is 0 Å². The number of aromatic nitrogens is 2. The average molecular weight is 196 g/mol. The molecule has 0 saturated heterocycles. The zero-order valence-electron chi connectivity index (χ0n) is 6.63. The molecule has 12 heavy (non-hydrogen) atoms. The maximum absolute atomic E-state index is 5.13. The molecule has 0 unspecified atom stereocenters. The van der Waals surface area contributed by atoms with Crippen molar-refractivity contribution in [3.05, 3.63) is 21.9 Å². The van der Waals surface area contributed by atoms with Crippen LogP contribution in [0.2, 0.25) is 0 Å². The predicted molar refractivity (Wildman–Crippen MR) is 54.2 cm³/mol. The fourth-order valence-electron chi connectivity index (χ4n) is 1.09. The van der Waals surface area contributed by atoms with Gasteiger partial charge in [0.25, 0.3) is 0 Å². The lowest BCUT2D eigenvalue weighted by molar-refractivity contribution is 1.19. The van der Waals surface area contributed by atoms with Gasteiger partial charge in [0.1, 0.15) is 9.47 Å². The van der Waals surface area contributed by atoms with Crippen molar-refractivity contribution in [2.45, 2.75) is 13.3 Å². The summed E-state index contributed by atoms with van der Waals surface area (Å²) in [6.45, 7) is 2.14. The first-order chi connectivity index (χ1) is 5.81. The van der Waals surface area contributed by atoms with Crippen molar-refractivity contribution in [2.75, 3.05) is 0 Å². The maximum atomic E-state index is 5.13. The van der Waals surface area contributed by atoms with Crippen molar-refractivity contribution in [3.63, 3.8) is 0 Å². The summed E-state index contributed by atoms with van der Waals surface area (Å²) in [5, 5.41) is 1.08. The van der Waals surface area contributed by atoms with Gasteiger partial charge in [0, 0.05) is 10.3 Å². The van der Waals surface area contributed by atoms with Gasteiger partial charge in [0.2, 0.25) is 0 Å². The van der Waals surface area contributed by atoms with E-state index in [1.54, 1.807) is 17.7 Å². The fraction of sp³-hybridized carbons (Fsp3) is 0.250. The van der Waals surface area contributed by atoms with Crippen LogP contribution >= 0.6 is 23.6 Å². The zero-order chi connectivity index (χ0) is 8.55. The Morgan fingerprint density at radius 2 is 2.50 bits per heavy atom. The first kappa shape index (κ1) is 7.89. The third kappa shape index (κ3) is 1.17. The molecule has 0 fully saturated rings. The van der Waals surface area contributed by atoms with Crippen molar-refractivity contribution in [2.24, 2.45) is 0 Å². The minimum Gasteiger partial charge on any atom is -0.337 e. The number of rotatable bonds is 1. The summed E-state index contributed by atoms with van der Waals surface area (Å²) in [4.78, 5) is 9.50. The van der Waals surface area contributed by atoms with Crippen LogP contribution in [-0.4, -0.2) is 9.97 Å². The molecule has 0 atom stereocenters. The molecule has 2 aromatic heterocycles. The van der Waals surface area contributed by atoms with Crippen LogP contribution < -0.4 is 0 Å². The summed E-state index contributed by atoms with van der Waals surface area (Å²) in [7, 11) is 0. The summed E-state index contributed by atoms with van der Waals surface area (Å²) in [6.07, 6.45) is 2.70. The number of nitrogens with zero attached hydrogens (tertiary/aromatic N) is 1. The minimum absolute atomic E-state index is 0.788. The molecular weight excluding hydrogens is 188 g/mol. The molecule has 0 amide bonds. The van der Waals surface area contributed by atoms with Gasteiger partial charge in [-0.2, -0.15) is 0 Å². The second-order valence-corrected chi connectivity index (χ2v) is 4.04. The molecule has 4 heteroatoms. The Kier molecular flexibility index (Phi) is 1.94. The van der Waals surface area contributed by atoms with Gasteiger partial charge in [-0.25, -0.2) is 4.98 Å². The van der Waals surface area contributed by atoms with Crippen molar-refractivity contribution in [1.82, 2.24) is 9.97 Å². The second-order valence-electron chi connectivity index (χ2n) is 2.52. The predicted octanol–water partition coefficient (Wildman–Crippen LogP) is 2.92. The third-order valence-electron chi connectivity index (χ3n) is 1.73. The van der Waals surface area contributed by atoms with Crippen LogP contribution in [0.4, 0.5) is 0 Å². The number of hydrogen-bond acceptors (Lipinski definition) is 3. The molecule has 2 rings (SSSR count). The van der Waals surface area contributed by atoms with E-state index in [1.807, 2.05) is 0 Å². The van der Waals surface area contributed by atoms with Gasteiger partial charge in [-0.3, -0.25) is 0 Å². The average Bonchev–Trinajstić information content (AvgIpc) is 2.49. The quantitative estimate of drug-likeness (QED) is 0.710. The highest BCUT2D eigenvalue weighted by molar-refractivity contribution is 7.71. The van der Waals surface area contributed by atoms with Gasteiger partial charge >= 0.3 is 0 Å². The van der Waals surface area contributed by atoms with E-state index in [0.29, 0.717) is 0 Å². The third-order valence-corrected chi connectivity index (χ3v) is 3.26. The zero-order valence-corrected chi connectivity index (χ0v) is 8.26. The van der Waals surface area contributed by atoms with Gasteiger partial charge in [0.05, 0.1) is 6.33 Å². The molecule has 0 saturated carbocycles. The Hall–Kier alpha value is -0.740. The standard InChI is InChI=1S/C8H8N2S2/c1-2-5-3-6-7(11)9-4-10-8(6)12-5/h3-4H,2H2,1H3,(H,9,10,11). The van der Waals surface area contributed by atoms with Crippen molar-refractivity contribution in [1.29, 1.82) is 0 Å². The lowest BCUT2D eigenvalue weighted by Crippen LogP contribution is -1.76. The van der Waals surface area contributed by atoms with E-state index in [2.05, 4.69) is 23.0 Å². The Balaban J connectivity index is 2.83. The number of aromatic amines is 1. The molecule has 2 heterocycles. The number of thiophene rings is 1. The molecule has 0 bridgehead atoms. The molecule has 0 aliphatic carbocycles. The number of nitrogens with one attached hydrogen (secondary N) is 1.